The monoisotopic (exact) mass is 667 g/mol. The maximum absolute atomic E-state index is 12.6. The van der Waals surface area contributed by atoms with Crippen LogP contribution in [0.5, 0.6) is 0 Å². The summed E-state index contributed by atoms with van der Waals surface area (Å²) in [4.78, 5) is 13.9. The standard InChI is InChI=1S/C33H53N3O11/c34-14-2-1-3-21-4-9-23(10-5-21)24-11-6-22(7-12-24)8-13-29(43)35-15-16-36(17-25(39)30(44)32(46)27(41)19-37)18-26(40)31(45)33(47)28(42)20-38/h4-7,9-12,25-28,30-33,37-42,44-47H,1-3,8,13-20,34H2,(H,35,43)/t25-,26-,27-,28+,30-,31+,32-,33+/m0/s1. The predicted octanol–water partition coefficient (Wildman–Crippen LogP) is -3.14. The molecule has 0 aliphatic carbocycles. The van der Waals surface area contributed by atoms with E-state index in [0.717, 1.165) is 36.0 Å². The first-order chi connectivity index (χ1) is 22.4. The highest BCUT2D eigenvalue weighted by Gasteiger charge is 2.34. The Kier molecular flexibility index (Phi) is 18.5. The second kappa shape index (κ2) is 21.4. The molecule has 2 rings (SSSR count). The normalized spacial score (nSPS) is 17.0. The molecule has 0 bridgehead atoms. The van der Waals surface area contributed by atoms with Crippen molar-refractivity contribution in [3.05, 3.63) is 59.7 Å². The molecule has 1 amide bonds. The number of aliphatic hydroxyl groups is 10. The minimum Gasteiger partial charge on any atom is -0.394 e. The van der Waals surface area contributed by atoms with Gasteiger partial charge >= 0.3 is 0 Å². The number of aryl methyl sites for hydroxylation is 2. The van der Waals surface area contributed by atoms with Gasteiger partial charge in [-0.3, -0.25) is 9.69 Å². The first kappa shape index (κ1) is 40.6. The fourth-order valence-electron chi connectivity index (χ4n) is 5.03. The Labute approximate surface area is 275 Å². The van der Waals surface area contributed by atoms with Gasteiger partial charge in [0.25, 0.3) is 0 Å². The largest absolute Gasteiger partial charge is 0.394 e. The summed E-state index contributed by atoms with van der Waals surface area (Å²) < 4.78 is 0. The molecule has 0 saturated carbocycles. The van der Waals surface area contributed by atoms with Crippen molar-refractivity contribution >= 4 is 5.91 Å². The molecule has 13 N–H and O–H groups in total. The highest BCUT2D eigenvalue weighted by molar-refractivity contribution is 5.76. The molecule has 266 valence electrons. The lowest BCUT2D eigenvalue weighted by Crippen LogP contribution is -2.54. The number of hydrogen-bond acceptors (Lipinski definition) is 13. The van der Waals surface area contributed by atoms with Gasteiger partial charge in [-0.1, -0.05) is 48.5 Å². The van der Waals surface area contributed by atoms with Crippen LogP contribution in [0.4, 0.5) is 0 Å². The average Bonchev–Trinajstić information content (AvgIpc) is 3.09. The van der Waals surface area contributed by atoms with Crippen molar-refractivity contribution in [2.75, 3.05) is 45.9 Å². The lowest BCUT2D eigenvalue weighted by Gasteiger charge is -2.33. The Morgan fingerprint density at radius 1 is 0.638 bits per heavy atom. The van der Waals surface area contributed by atoms with E-state index in [-0.39, 0.29) is 25.4 Å². The summed E-state index contributed by atoms with van der Waals surface area (Å²) in [5.41, 5.74) is 9.95. The van der Waals surface area contributed by atoms with Crippen molar-refractivity contribution < 1.29 is 55.9 Å². The van der Waals surface area contributed by atoms with E-state index < -0.39 is 75.1 Å². The van der Waals surface area contributed by atoms with Gasteiger partial charge in [0, 0.05) is 32.6 Å². The Morgan fingerprint density at radius 2 is 1.06 bits per heavy atom. The maximum atomic E-state index is 12.6. The van der Waals surface area contributed by atoms with E-state index in [0.29, 0.717) is 13.0 Å². The number of rotatable bonds is 23. The lowest BCUT2D eigenvalue weighted by molar-refractivity contribution is -0.130. The first-order valence-corrected chi connectivity index (χ1v) is 15.9. The van der Waals surface area contributed by atoms with Crippen LogP contribution in [-0.2, 0) is 17.6 Å². The quantitative estimate of drug-likeness (QED) is 0.0524. The van der Waals surface area contributed by atoms with E-state index in [4.69, 9.17) is 15.9 Å². The summed E-state index contributed by atoms with van der Waals surface area (Å²) in [5, 5.41) is 101. The number of unbranched alkanes of at least 4 members (excludes halogenated alkanes) is 1. The molecular weight excluding hydrogens is 614 g/mol. The minimum absolute atomic E-state index is 0.0168. The second-order valence-corrected chi connectivity index (χ2v) is 11.8. The third-order valence-corrected chi connectivity index (χ3v) is 8.09. The van der Waals surface area contributed by atoms with E-state index in [1.165, 1.54) is 10.5 Å². The van der Waals surface area contributed by atoms with Gasteiger partial charge < -0.3 is 62.1 Å². The van der Waals surface area contributed by atoms with Gasteiger partial charge in [-0.15, -0.1) is 0 Å². The Morgan fingerprint density at radius 3 is 1.49 bits per heavy atom. The Balaban J connectivity index is 1.92. The number of benzene rings is 2. The number of carbonyl (C=O) groups excluding carboxylic acids is 1. The summed E-state index contributed by atoms with van der Waals surface area (Å²) in [7, 11) is 0. The minimum atomic E-state index is -1.89. The Hall–Kier alpha value is -2.57. The molecule has 0 saturated heterocycles. The van der Waals surface area contributed by atoms with E-state index in [2.05, 4.69) is 29.6 Å². The van der Waals surface area contributed by atoms with Crippen LogP contribution in [-0.4, -0.2) is 157 Å². The summed E-state index contributed by atoms with van der Waals surface area (Å²) in [5.74, 6) is -0.275. The molecule has 0 aliphatic rings. The summed E-state index contributed by atoms with van der Waals surface area (Å²) in [6, 6.07) is 16.3. The van der Waals surface area contributed by atoms with Crippen LogP contribution in [0.3, 0.4) is 0 Å². The van der Waals surface area contributed by atoms with Crippen LogP contribution >= 0.6 is 0 Å². The number of nitrogens with zero attached hydrogens (tertiary/aromatic N) is 1. The molecule has 0 aromatic heterocycles. The third-order valence-electron chi connectivity index (χ3n) is 8.09. The van der Waals surface area contributed by atoms with E-state index >= 15 is 0 Å². The molecule has 0 spiro atoms. The predicted molar refractivity (Wildman–Crippen MR) is 174 cm³/mol. The third kappa shape index (κ3) is 13.8. The number of nitrogens with two attached hydrogens (primary N) is 1. The van der Waals surface area contributed by atoms with Crippen molar-refractivity contribution in [1.82, 2.24) is 10.2 Å². The maximum Gasteiger partial charge on any atom is 0.220 e. The molecule has 0 radical (unpaired) electrons. The summed E-state index contributed by atoms with van der Waals surface area (Å²) >= 11 is 0. The van der Waals surface area contributed by atoms with Gasteiger partial charge in [0.2, 0.25) is 5.91 Å². The van der Waals surface area contributed by atoms with Crippen molar-refractivity contribution in [3.63, 3.8) is 0 Å². The zero-order chi connectivity index (χ0) is 34.9. The van der Waals surface area contributed by atoms with Crippen LogP contribution in [0.15, 0.2) is 48.5 Å². The van der Waals surface area contributed by atoms with Crippen molar-refractivity contribution in [3.8, 4) is 11.1 Å². The number of nitrogens with one attached hydrogen (secondary N) is 1. The van der Waals surface area contributed by atoms with Gasteiger partial charge in [0.05, 0.1) is 25.4 Å². The molecule has 8 atom stereocenters. The van der Waals surface area contributed by atoms with Gasteiger partial charge in [0.1, 0.15) is 36.6 Å². The fraction of sp³-hybridized carbons (Fsp3) is 0.606. The summed E-state index contributed by atoms with van der Waals surface area (Å²) in [6.07, 6.45) is -10.7. The average molecular weight is 668 g/mol. The van der Waals surface area contributed by atoms with Gasteiger partial charge in [-0.05, 0) is 54.5 Å². The molecule has 14 nitrogen and oxygen atoms in total. The van der Waals surface area contributed by atoms with Crippen LogP contribution in [0.2, 0.25) is 0 Å². The highest BCUT2D eigenvalue weighted by atomic mass is 16.4. The zero-order valence-corrected chi connectivity index (χ0v) is 26.6. The smallest absolute Gasteiger partial charge is 0.220 e. The molecule has 0 aliphatic heterocycles. The van der Waals surface area contributed by atoms with E-state index in [9.17, 15) is 45.6 Å². The lowest BCUT2D eigenvalue weighted by atomic mass is 9.99. The van der Waals surface area contributed by atoms with Crippen LogP contribution in [0, 0.1) is 0 Å². The van der Waals surface area contributed by atoms with E-state index in [1.807, 2.05) is 24.3 Å². The topological polar surface area (TPSA) is 261 Å². The molecule has 2 aromatic carbocycles. The van der Waals surface area contributed by atoms with Gasteiger partial charge in [-0.25, -0.2) is 0 Å². The molecule has 2 aromatic rings. The SMILES string of the molecule is NCCCCc1ccc(-c2ccc(CCC(=O)NCCN(C[C@H](O)[C@H](O)[C@@H](O)[C@@H](O)CO)C[C@H](O)[C@@H](O)[C@H](O)[C@H](O)CO)cc2)cc1. The highest BCUT2D eigenvalue weighted by Crippen LogP contribution is 2.21. The number of aliphatic hydroxyl groups excluding tert-OH is 10. The van der Waals surface area contributed by atoms with Gasteiger partial charge in [-0.2, -0.15) is 0 Å². The zero-order valence-electron chi connectivity index (χ0n) is 26.6. The van der Waals surface area contributed by atoms with E-state index in [1.54, 1.807) is 0 Å². The van der Waals surface area contributed by atoms with Crippen molar-refractivity contribution in [2.24, 2.45) is 5.73 Å². The molecule has 14 heteroatoms. The number of amides is 1. The Bertz CT molecular complexity index is 1110. The molecule has 47 heavy (non-hydrogen) atoms. The van der Waals surface area contributed by atoms with Crippen molar-refractivity contribution in [2.45, 2.75) is 80.9 Å². The fourth-order valence-corrected chi connectivity index (χ4v) is 5.03. The number of carbonyl (C=O) groups is 1. The van der Waals surface area contributed by atoms with Crippen LogP contribution in [0.25, 0.3) is 11.1 Å². The first-order valence-electron chi connectivity index (χ1n) is 15.9. The van der Waals surface area contributed by atoms with Gasteiger partial charge in [0.15, 0.2) is 0 Å². The number of hydrogen-bond donors (Lipinski definition) is 12. The van der Waals surface area contributed by atoms with Crippen LogP contribution in [0.1, 0.15) is 30.4 Å². The molecule has 0 heterocycles. The second-order valence-electron chi connectivity index (χ2n) is 11.8. The molecule has 0 unspecified atom stereocenters. The summed E-state index contributed by atoms with van der Waals surface area (Å²) in [6.45, 7) is -1.88. The molecule has 0 fully saturated rings. The molecular formula is C33H53N3O11. The van der Waals surface area contributed by atoms with Crippen LogP contribution < -0.4 is 11.1 Å². The van der Waals surface area contributed by atoms with Crippen molar-refractivity contribution in [1.29, 1.82) is 0 Å².